The SMILES string of the molecule is CC(NC(=O)CC1CCCCO1)C1CCNC1. The predicted molar refractivity (Wildman–Crippen MR) is 66.8 cm³/mol. The summed E-state index contributed by atoms with van der Waals surface area (Å²) in [5.74, 6) is 0.738. The second kappa shape index (κ2) is 6.36. The summed E-state index contributed by atoms with van der Waals surface area (Å²) in [6.07, 6.45) is 5.22. The third kappa shape index (κ3) is 3.96. The van der Waals surface area contributed by atoms with Gasteiger partial charge in [0.1, 0.15) is 0 Å². The van der Waals surface area contributed by atoms with Gasteiger partial charge in [0.05, 0.1) is 12.5 Å². The fourth-order valence-corrected chi connectivity index (χ4v) is 2.71. The summed E-state index contributed by atoms with van der Waals surface area (Å²) < 4.78 is 5.58. The molecule has 1 amide bonds. The number of hydrogen-bond donors (Lipinski definition) is 2. The van der Waals surface area contributed by atoms with E-state index in [0.717, 1.165) is 32.5 Å². The summed E-state index contributed by atoms with van der Waals surface area (Å²) >= 11 is 0. The van der Waals surface area contributed by atoms with Crippen molar-refractivity contribution in [1.82, 2.24) is 10.6 Å². The van der Waals surface area contributed by atoms with E-state index >= 15 is 0 Å². The van der Waals surface area contributed by atoms with Gasteiger partial charge < -0.3 is 15.4 Å². The summed E-state index contributed by atoms with van der Waals surface area (Å²) in [5.41, 5.74) is 0. The van der Waals surface area contributed by atoms with Crippen LogP contribution in [0.25, 0.3) is 0 Å². The van der Waals surface area contributed by atoms with Crippen LogP contribution in [0.3, 0.4) is 0 Å². The van der Waals surface area contributed by atoms with E-state index in [4.69, 9.17) is 4.74 Å². The fourth-order valence-electron chi connectivity index (χ4n) is 2.71. The Balaban J connectivity index is 1.68. The summed E-state index contributed by atoms with van der Waals surface area (Å²) in [7, 11) is 0. The lowest BCUT2D eigenvalue weighted by molar-refractivity contribution is -0.125. The van der Waals surface area contributed by atoms with Gasteiger partial charge in [-0.2, -0.15) is 0 Å². The van der Waals surface area contributed by atoms with Crippen molar-refractivity contribution in [2.75, 3.05) is 19.7 Å². The molecule has 4 nitrogen and oxygen atoms in total. The number of rotatable bonds is 4. The lowest BCUT2D eigenvalue weighted by Gasteiger charge is -2.24. The van der Waals surface area contributed by atoms with Gasteiger partial charge in [0.25, 0.3) is 0 Å². The van der Waals surface area contributed by atoms with Gasteiger partial charge >= 0.3 is 0 Å². The van der Waals surface area contributed by atoms with Crippen molar-refractivity contribution in [2.45, 2.75) is 51.2 Å². The van der Waals surface area contributed by atoms with Gasteiger partial charge in [0.2, 0.25) is 5.91 Å². The van der Waals surface area contributed by atoms with Crippen molar-refractivity contribution in [1.29, 1.82) is 0 Å². The zero-order chi connectivity index (χ0) is 12.1. The lowest BCUT2D eigenvalue weighted by atomic mass is 10.00. The van der Waals surface area contributed by atoms with Crippen LogP contribution in [0.2, 0.25) is 0 Å². The number of carbonyl (C=O) groups excluding carboxylic acids is 1. The Hall–Kier alpha value is -0.610. The Labute approximate surface area is 103 Å². The fraction of sp³-hybridized carbons (Fsp3) is 0.923. The smallest absolute Gasteiger partial charge is 0.222 e. The van der Waals surface area contributed by atoms with Crippen LogP contribution in [0.15, 0.2) is 0 Å². The molecule has 2 N–H and O–H groups in total. The van der Waals surface area contributed by atoms with E-state index in [-0.39, 0.29) is 18.1 Å². The molecule has 17 heavy (non-hydrogen) atoms. The number of ether oxygens (including phenoxy) is 1. The highest BCUT2D eigenvalue weighted by Gasteiger charge is 2.24. The lowest BCUT2D eigenvalue weighted by Crippen LogP contribution is -2.40. The number of hydrogen-bond acceptors (Lipinski definition) is 3. The van der Waals surface area contributed by atoms with E-state index in [9.17, 15) is 4.79 Å². The monoisotopic (exact) mass is 240 g/mol. The van der Waals surface area contributed by atoms with E-state index in [0.29, 0.717) is 12.3 Å². The minimum Gasteiger partial charge on any atom is -0.378 e. The van der Waals surface area contributed by atoms with E-state index in [1.807, 2.05) is 0 Å². The average Bonchev–Trinajstić information content (AvgIpc) is 2.83. The van der Waals surface area contributed by atoms with Gasteiger partial charge in [-0.1, -0.05) is 0 Å². The third-order valence-corrected chi connectivity index (χ3v) is 3.88. The van der Waals surface area contributed by atoms with E-state index in [2.05, 4.69) is 17.6 Å². The molecular formula is C13H24N2O2. The van der Waals surface area contributed by atoms with Crippen LogP contribution >= 0.6 is 0 Å². The zero-order valence-electron chi connectivity index (χ0n) is 10.7. The Kier molecular flexibility index (Phi) is 4.80. The maximum absolute atomic E-state index is 11.9. The van der Waals surface area contributed by atoms with Crippen molar-refractivity contribution in [2.24, 2.45) is 5.92 Å². The minimum absolute atomic E-state index is 0.149. The zero-order valence-corrected chi connectivity index (χ0v) is 10.7. The topological polar surface area (TPSA) is 50.4 Å². The molecule has 2 heterocycles. The summed E-state index contributed by atoms with van der Waals surface area (Å²) in [4.78, 5) is 11.9. The van der Waals surface area contributed by atoms with Crippen molar-refractivity contribution < 1.29 is 9.53 Å². The molecule has 3 unspecified atom stereocenters. The van der Waals surface area contributed by atoms with Crippen LogP contribution in [-0.4, -0.2) is 37.7 Å². The first-order valence-electron chi connectivity index (χ1n) is 6.87. The summed E-state index contributed by atoms with van der Waals surface area (Å²) in [6.45, 7) is 5.04. The van der Waals surface area contributed by atoms with Gasteiger partial charge in [0, 0.05) is 12.6 Å². The normalized spacial score (nSPS) is 31.1. The second-order valence-electron chi connectivity index (χ2n) is 5.30. The molecule has 2 aliphatic rings. The molecule has 0 aromatic rings. The largest absolute Gasteiger partial charge is 0.378 e. The predicted octanol–water partition coefficient (Wildman–Crippen LogP) is 1.06. The standard InChI is InChI=1S/C13H24N2O2/c1-10(11-5-6-14-9-11)15-13(16)8-12-4-2-3-7-17-12/h10-12,14H,2-9H2,1H3,(H,15,16). The first kappa shape index (κ1) is 12.8. The number of amides is 1. The highest BCUT2D eigenvalue weighted by molar-refractivity contribution is 5.76. The molecule has 4 heteroatoms. The Morgan fingerprint density at radius 1 is 1.47 bits per heavy atom. The molecule has 2 aliphatic heterocycles. The van der Waals surface area contributed by atoms with Gasteiger partial charge in [-0.05, 0) is 51.6 Å². The molecule has 2 saturated heterocycles. The molecule has 0 radical (unpaired) electrons. The highest BCUT2D eigenvalue weighted by Crippen LogP contribution is 2.16. The van der Waals surface area contributed by atoms with E-state index in [1.54, 1.807) is 0 Å². The average molecular weight is 240 g/mol. The molecule has 0 aromatic carbocycles. The van der Waals surface area contributed by atoms with E-state index in [1.165, 1.54) is 12.8 Å². The molecule has 0 saturated carbocycles. The summed E-state index contributed by atoms with van der Waals surface area (Å²) in [5, 5.41) is 6.44. The molecule has 3 atom stereocenters. The molecule has 0 bridgehead atoms. The third-order valence-electron chi connectivity index (χ3n) is 3.88. The first-order valence-corrected chi connectivity index (χ1v) is 6.87. The molecule has 0 aromatic heterocycles. The molecule has 0 aliphatic carbocycles. The summed E-state index contributed by atoms with van der Waals surface area (Å²) in [6, 6.07) is 0.279. The van der Waals surface area contributed by atoms with Crippen molar-refractivity contribution in [3.8, 4) is 0 Å². The van der Waals surface area contributed by atoms with Crippen LogP contribution in [0.5, 0.6) is 0 Å². The van der Waals surface area contributed by atoms with Crippen LogP contribution < -0.4 is 10.6 Å². The number of nitrogens with one attached hydrogen (secondary N) is 2. The molecule has 2 rings (SSSR count). The second-order valence-corrected chi connectivity index (χ2v) is 5.30. The Morgan fingerprint density at radius 2 is 2.35 bits per heavy atom. The van der Waals surface area contributed by atoms with Crippen LogP contribution in [0.1, 0.15) is 39.0 Å². The number of carbonyl (C=O) groups is 1. The van der Waals surface area contributed by atoms with Crippen molar-refractivity contribution in [3.05, 3.63) is 0 Å². The molecular weight excluding hydrogens is 216 g/mol. The first-order chi connectivity index (χ1) is 8.25. The van der Waals surface area contributed by atoms with E-state index < -0.39 is 0 Å². The van der Waals surface area contributed by atoms with Crippen LogP contribution in [0.4, 0.5) is 0 Å². The Morgan fingerprint density at radius 3 is 3.00 bits per heavy atom. The maximum atomic E-state index is 11.9. The van der Waals surface area contributed by atoms with Gasteiger partial charge in [-0.15, -0.1) is 0 Å². The van der Waals surface area contributed by atoms with Crippen molar-refractivity contribution >= 4 is 5.91 Å². The van der Waals surface area contributed by atoms with Crippen LogP contribution in [-0.2, 0) is 9.53 Å². The highest BCUT2D eigenvalue weighted by atomic mass is 16.5. The molecule has 0 spiro atoms. The van der Waals surface area contributed by atoms with Crippen LogP contribution in [0, 0.1) is 5.92 Å². The van der Waals surface area contributed by atoms with Gasteiger partial charge in [-0.25, -0.2) is 0 Å². The van der Waals surface area contributed by atoms with Gasteiger partial charge in [-0.3, -0.25) is 4.79 Å². The van der Waals surface area contributed by atoms with Crippen molar-refractivity contribution in [3.63, 3.8) is 0 Å². The minimum atomic E-state index is 0.149. The molecule has 2 fully saturated rings. The van der Waals surface area contributed by atoms with Gasteiger partial charge in [0.15, 0.2) is 0 Å². The molecule has 98 valence electrons. The maximum Gasteiger partial charge on any atom is 0.222 e. The Bertz CT molecular complexity index is 246. The quantitative estimate of drug-likeness (QED) is 0.772.